The first-order valence-corrected chi connectivity index (χ1v) is 9.04. The van der Waals surface area contributed by atoms with Crippen molar-refractivity contribution in [3.63, 3.8) is 0 Å². The summed E-state index contributed by atoms with van der Waals surface area (Å²) < 4.78 is 0. The van der Waals surface area contributed by atoms with Crippen LogP contribution < -0.4 is 5.32 Å². The Kier molecular flexibility index (Phi) is 5.20. The molecule has 1 aromatic heterocycles. The highest BCUT2D eigenvalue weighted by Crippen LogP contribution is 2.21. The third-order valence-corrected chi connectivity index (χ3v) is 5.16. The number of nitrogens with zero attached hydrogens (tertiary/aromatic N) is 4. The van der Waals surface area contributed by atoms with Crippen molar-refractivity contribution in [2.75, 3.05) is 20.6 Å². The molecule has 8 heteroatoms. The second kappa shape index (κ2) is 7.39. The van der Waals surface area contributed by atoms with Crippen molar-refractivity contribution in [3.8, 4) is 0 Å². The van der Waals surface area contributed by atoms with Crippen molar-refractivity contribution >= 4 is 17.8 Å². The van der Waals surface area contributed by atoms with E-state index in [0.29, 0.717) is 13.0 Å². The first kappa shape index (κ1) is 18.3. The summed E-state index contributed by atoms with van der Waals surface area (Å²) in [6.45, 7) is 2.43. The molecule has 1 aliphatic heterocycles. The molecule has 0 spiro atoms. The zero-order valence-corrected chi connectivity index (χ0v) is 15.5. The molecular formula is C18H25N5O3. The number of hydrogen-bond donors (Lipinski definition) is 1. The van der Waals surface area contributed by atoms with E-state index in [9.17, 15) is 14.4 Å². The summed E-state index contributed by atoms with van der Waals surface area (Å²) in [6, 6.07) is -1.11. The molecule has 2 aliphatic rings. The van der Waals surface area contributed by atoms with Gasteiger partial charge in [-0.05, 0) is 38.2 Å². The Hall–Kier alpha value is -2.51. The van der Waals surface area contributed by atoms with Crippen molar-refractivity contribution in [3.05, 3.63) is 22.8 Å². The molecule has 0 saturated carbocycles. The standard InChI is InChI=1S/C18H25N5O3/c1-11-12-6-4-5-7-13(12)21-15(20-11)8-9-19-16(24)10-14-17(25)23(3)18(26)22(14)2/h14H,4-10H2,1-3H3,(H,19,24). The highest BCUT2D eigenvalue weighted by Gasteiger charge is 2.41. The molecule has 26 heavy (non-hydrogen) atoms. The number of rotatable bonds is 5. The van der Waals surface area contributed by atoms with Crippen LogP contribution in [-0.2, 0) is 28.9 Å². The molecule has 3 rings (SSSR count). The molecule has 8 nitrogen and oxygen atoms in total. The van der Waals surface area contributed by atoms with E-state index in [2.05, 4.69) is 15.3 Å². The van der Waals surface area contributed by atoms with E-state index in [-0.39, 0.29) is 24.3 Å². The fourth-order valence-corrected chi connectivity index (χ4v) is 3.60. The predicted octanol–water partition coefficient (Wildman–Crippen LogP) is 0.605. The topological polar surface area (TPSA) is 95.5 Å². The number of urea groups is 1. The highest BCUT2D eigenvalue weighted by molar-refractivity contribution is 6.05. The number of carbonyl (C=O) groups excluding carboxylic acids is 3. The van der Waals surface area contributed by atoms with Crippen LogP contribution >= 0.6 is 0 Å². The second-order valence-corrected chi connectivity index (χ2v) is 6.97. The smallest absolute Gasteiger partial charge is 0.326 e. The number of aryl methyl sites for hydroxylation is 2. The Morgan fingerprint density at radius 1 is 1.19 bits per heavy atom. The molecule has 2 heterocycles. The molecule has 0 radical (unpaired) electrons. The van der Waals surface area contributed by atoms with Crippen LogP contribution in [0, 0.1) is 6.92 Å². The van der Waals surface area contributed by atoms with E-state index in [1.54, 1.807) is 0 Å². The molecule has 0 bridgehead atoms. The minimum Gasteiger partial charge on any atom is -0.356 e. The average molecular weight is 359 g/mol. The molecule has 1 N–H and O–H groups in total. The summed E-state index contributed by atoms with van der Waals surface area (Å²) >= 11 is 0. The number of nitrogens with one attached hydrogen (secondary N) is 1. The van der Waals surface area contributed by atoms with Crippen LogP contribution in [0.3, 0.4) is 0 Å². The van der Waals surface area contributed by atoms with Gasteiger partial charge in [-0.2, -0.15) is 0 Å². The van der Waals surface area contributed by atoms with Crippen molar-refractivity contribution in [1.82, 2.24) is 25.1 Å². The quantitative estimate of drug-likeness (QED) is 0.777. The summed E-state index contributed by atoms with van der Waals surface area (Å²) in [6.07, 6.45) is 4.92. The minimum atomic E-state index is -0.727. The van der Waals surface area contributed by atoms with E-state index in [1.165, 1.54) is 31.0 Å². The first-order chi connectivity index (χ1) is 12.4. The second-order valence-electron chi connectivity index (χ2n) is 6.97. The Bertz CT molecular complexity index is 749. The Morgan fingerprint density at radius 3 is 2.62 bits per heavy atom. The van der Waals surface area contributed by atoms with E-state index in [4.69, 9.17) is 0 Å². The lowest BCUT2D eigenvalue weighted by molar-refractivity contribution is -0.131. The number of likely N-dealkylation sites (N-methyl/N-ethyl adjacent to an activating group) is 2. The van der Waals surface area contributed by atoms with Crippen LogP contribution in [-0.4, -0.2) is 64.3 Å². The number of carbonyl (C=O) groups is 3. The summed E-state index contributed by atoms with van der Waals surface area (Å²) in [5.74, 6) is 0.140. The van der Waals surface area contributed by atoms with Crippen molar-refractivity contribution in [1.29, 1.82) is 0 Å². The first-order valence-electron chi connectivity index (χ1n) is 9.04. The fourth-order valence-electron chi connectivity index (χ4n) is 3.60. The average Bonchev–Trinajstić information content (AvgIpc) is 2.80. The fraction of sp³-hybridized carbons (Fsp3) is 0.611. The highest BCUT2D eigenvalue weighted by atomic mass is 16.2. The monoisotopic (exact) mass is 359 g/mol. The van der Waals surface area contributed by atoms with Gasteiger partial charge in [0, 0.05) is 38.4 Å². The lowest BCUT2D eigenvalue weighted by Crippen LogP contribution is -2.38. The van der Waals surface area contributed by atoms with E-state index in [0.717, 1.165) is 41.4 Å². The maximum atomic E-state index is 12.1. The zero-order valence-electron chi connectivity index (χ0n) is 15.5. The van der Waals surface area contributed by atoms with Crippen LogP contribution in [0.15, 0.2) is 0 Å². The van der Waals surface area contributed by atoms with Gasteiger partial charge in [0.15, 0.2) is 0 Å². The van der Waals surface area contributed by atoms with Gasteiger partial charge in [0.05, 0.1) is 6.42 Å². The number of hydrogen-bond acceptors (Lipinski definition) is 5. The molecule has 1 fully saturated rings. The van der Waals surface area contributed by atoms with Gasteiger partial charge in [-0.25, -0.2) is 14.8 Å². The Labute approximate surface area is 153 Å². The molecule has 1 aliphatic carbocycles. The summed E-state index contributed by atoms with van der Waals surface area (Å²) in [5.41, 5.74) is 3.46. The van der Waals surface area contributed by atoms with Gasteiger partial charge in [0.1, 0.15) is 11.9 Å². The lowest BCUT2D eigenvalue weighted by atomic mass is 9.95. The Morgan fingerprint density at radius 2 is 1.92 bits per heavy atom. The number of fused-ring (bicyclic) bond motifs is 1. The molecule has 1 atom stereocenters. The molecule has 0 aromatic carbocycles. The maximum Gasteiger partial charge on any atom is 0.326 e. The van der Waals surface area contributed by atoms with E-state index in [1.807, 2.05) is 6.92 Å². The van der Waals surface area contributed by atoms with Gasteiger partial charge >= 0.3 is 6.03 Å². The number of amides is 4. The molecular weight excluding hydrogens is 334 g/mol. The third-order valence-electron chi connectivity index (χ3n) is 5.16. The molecule has 4 amide bonds. The largest absolute Gasteiger partial charge is 0.356 e. The number of aromatic nitrogens is 2. The normalized spacial score (nSPS) is 19.7. The van der Waals surface area contributed by atoms with Crippen LogP contribution in [0.4, 0.5) is 4.79 Å². The van der Waals surface area contributed by atoms with Gasteiger partial charge in [-0.15, -0.1) is 0 Å². The third kappa shape index (κ3) is 3.54. The van der Waals surface area contributed by atoms with Gasteiger partial charge in [-0.1, -0.05) is 0 Å². The number of imide groups is 1. The molecule has 140 valence electrons. The van der Waals surface area contributed by atoms with Gasteiger partial charge in [0.25, 0.3) is 5.91 Å². The van der Waals surface area contributed by atoms with Gasteiger partial charge in [0.2, 0.25) is 5.91 Å². The van der Waals surface area contributed by atoms with Crippen molar-refractivity contribution in [2.45, 2.75) is 51.5 Å². The van der Waals surface area contributed by atoms with Gasteiger partial charge in [-0.3, -0.25) is 14.5 Å². The SMILES string of the molecule is Cc1nc(CCNC(=O)CC2C(=O)N(C)C(=O)N2C)nc2c1CCCC2. The zero-order chi connectivity index (χ0) is 18.8. The van der Waals surface area contributed by atoms with Crippen LogP contribution in [0.2, 0.25) is 0 Å². The predicted molar refractivity (Wildman–Crippen MR) is 94.5 cm³/mol. The molecule has 1 unspecified atom stereocenters. The van der Waals surface area contributed by atoms with Crippen LogP contribution in [0.5, 0.6) is 0 Å². The van der Waals surface area contributed by atoms with E-state index < -0.39 is 6.04 Å². The Balaban J connectivity index is 1.52. The lowest BCUT2D eigenvalue weighted by Gasteiger charge is -2.18. The minimum absolute atomic E-state index is 0.0323. The van der Waals surface area contributed by atoms with Gasteiger partial charge < -0.3 is 10.2 Å². The summed E-state index contributed by atoms with van der Waals surface area (Å²) in [4.78, 5) is 47.4. The van der Waals surface area contributed by atoms with Crippen molar-refractivity contribution in [2.24, 2.45) is 0 Å². The maximum absolute atomic E-state index is 12.1. The van der Waals surface area contributed by atoms with Crippen LogP contribution in [0.1, 0.15) is 42.0 Å². The summed E-state index contributed by atoms with van der Waals surface area (Å²) in [7, 11) is 2.96. The molecule has 1 saturated heterocycles. The van der Waals surface area contributed by atoms with E-state index >= 15 is 0 Å². The van der Waals surface area contributed by atoms with Crippen molar-refractivity contribution < 1.29 is 14.4 Å². The molecule has 1 aromatic rings. The summed E-state index contributed by atoms with van der Waals surface area (Å²) in [5, 5.41) is 2.80. The van der Waals surface area contributed by atoms with Crippen LogP contribution in [0.25, 0.3) is 0 Å².